The second-order valence-electron chi connectivity index (χ2n) is 4.73. The van der Waals surface area contributed by atoms with Crippen LogP contribution in [0.5, 0.6) is 0 Å². The van der Waals surface area contributed by atoms with Crippen LogP contribution >= 0.6 is 11.8 Å². The zero-order valence-electron chi connectivity index (χ0n) is 10.8. The molecule has 0 N–H and O–H groups in total. The normalized spacial score (nSPS) is 15.7. The van der Waals surface area contributed by atoms with E-state index in [1.807, 2.05) is 11.0 Å². The van der Waals surface area contributed by atoms with Crippen LogP contribution in [0.2, 0.25) is 0 Å². The fourth-order valence-electron chi connectivity index (χ4n) is 2.23. The SMILES string of the molecule is O=C(CSCCc1ccccc1)N1CCCCC1. The van der Waals surface area contributed by atoms with E-state index in [4.69, 9.17) is 0 Å². The Morgan fingerprint density at radius 2 is 1.83 bits per heavy atom. The van der Waals surface area contributed by atoms with Crippen LogP contribution in [0.3, 0.4) is 0 Å². The first-order valence-corrected chi connectivity index (χ1v) is 7.91. The van der Waals surface area contributed by atoms with Gasteiger partial charge in [-0.1, -0.05) is 30.3 Å². The molecule has 0 unspecified atom stereocenters. The van der Waals surface area contributed by atoms with Crippen molar-refractivity contribution in [2.24, 2.45) is 0 Å². The minimum atomic E-state index is 0.327. The monoisotopic (exact) mass is 263 g/mol. The molecule has 2 rings (SSSR count). The summed E-state index contributed by atoms with van der Waals surface area (Å²) in [5.74, 6) is 2.00. The highest BCUT2D eigenvalue weighted by atomic mass is 32.2. The van der Waals surface area contributed by atoms with Crippen molar-refractivity contribution in [3.8, 4) is 0 Å². The van der Waals surface area contributed by atoms with Crippen molar-refractivity contribution in [3.05, 3.63) is 35.9 Å². The average Bonchev–Trinajstić information content (AvgIpc) is 2.45. The Kier molecular flexibility index (Phi) is 5.59. The number of amides is 1. The minimum absolute atomic E-state index is 0.327. The molecule has 0 saturated carbocycles. The fraction of sp³-hybridized carbons (Fsp3) is 0.533. The maximum absolute atomic E-state index is 11.9. The second-order valence-corrected chi connectivity index (χ2v) is 5.83. The number of carbonyl (C=O) groups is 1. The fourth-order valence-corrected chi connectivity index (χ4v) is 3.11. The maximum atomic E-state index is 11.9. The molecule has 0 bridgehead atoms. The molecule has 1 aromatic rings. The quantitative estimate of drug-likeness (QED) is 0.761. The van der Waals surface area contributed by atoms with E-state index in [1.165, 1.54) is 24.8 Å². The Labute approximate surface area is 114 Å². The molecule has 1 aromatic carbocycles. The van der Waals surface area contributed by atoms with Gasteiger partial charge < -0.3 is 4.90 Å². The molecular formula is C15H21NOS. The number of hydrogen-bond donors (Lipinski definition) is 0. The van der Waals surface area contributed by atoms with Crippen molar-refractivity contribution >= 4 is 17.7 Å². The number of aryl methyl sites for hydroxylation is 1. The van der Waals surface area contributed by atoms with Gasteiger partial charge in [0.2, 0.25) is 5.91 Å². The second kappa shape index (κ2) is 7.47. The van der Waals surface area contributed by atoms with E-state index in [-0.39, 0.29) is 0 Å². The largest absolute Gasteiger partial charge is 0.342 e. The lowest BCUT2D eigenvalue weighted by Gasteiger charge is -2.26. The summed E-state index contributed by atoms with van der Waals surface area (Å²) in [5, 5.41) is 0. The van der Waals surface area contributed by atoms with Crippen LogP contribution in [0.25, 0.3) is 0 Å². The number of hydrogen-bond acceptors (Lipinski definition) is 2. The lowest BCUT2D eigenvalue weighted by Crippen LogP contribution is -2.36. The average molecular weight is 263 g/mol. The molecular weight excluding hydrogens is 242 g/mol. The maximum Gasteiger partial charge on any atom is 0.232 e. The Balaban J connectivity index is 1.61. The van der Waals surface area contributed by atoms with E-state index >= 15 is 0 Å². The van der Waals surface area contributed by atoms with Gasteiger partial charge in [0.1, 0.15) is 0 Å². The highest BCUT2D eigenvalue weighted by Crippen LogP contribution is 2.12. The molecule has 98 valence electrons. The third kappa shape index (κ3) is 4.37. The number of rotatable bonds is 5. The van der Waals surface area contributed by atoms with Crippen molar-refractivity contribution in [2.45, 2.75) is 25.7 Å². The van der Waals surface area contributed by atoms with Crippen LogP contribution in [0, 0.1) is 0 Å². The Bertz CT molecular complexity index is 360. The lowest BCUT2D eigenvalue weighted by atomic mass is 10.1. The van der Waals surface area contributed by atoms with E-state index in [2.05, 4.69) is 24.3 Å². The van der Waals surface area contributed by atoms with Crippen molar-refractivity contribution in [1.82, 2.24) is 4.90 Å². The summed E-state index contributed by atoms with van der Waals surface area (Å²) in [5.41, 5.74) is 1.36. The third-order valence-electron chi connectivity index (χ3n) is 3.31. The van der Waals surface area contributed by atoms with Gasteiger partial charge in [-0.2, -0.15) is 11.8 Å². The van der Waals surface area contributed by atoms with E-state index in [0.717, 1.165) is 25.3 Å². The molecule has 1 fully saturated rings. The predicted octanol–water partition coefficient (Wildman–Crippen LogP) is 2.97. The van der Waals surface area contributed by atoms with Gasteiger partial charge in [-0.15, -0.1) is 0 Å². The summed E-state index contributed by atoms with van der Waals surface area (Å²) >= 11 is 1.76. The summed E-state index contributed by atoms with van der Waals surface area (Å²) in [6.45, 7) is 1.94. The zero-order valence-corrected chi connectivity index (χ0v) is 11.6. The van der Waals surface area contributed by atoms with Gasteiger partial charge in [-0.05, 0) is 37.0 Å². The van der Waals surface area contributed by atoms with Crippen LogP contribution in [0.1, 0.15) is 24.8 Å². The molecule has 1 aliphatic heterocycles. The standard InChI is InChI=1S/C15H21NOS/c17-15(16-10-5-2-6-11-16)13-18-12-9-14-7-3-1-4-8-14/h1,3-4,7-8H,2,5-6,9-13H2. The summed E-state index contributed by atoms with van der Waals surface area (Å²) in [6, 6.07) is 10.5. The Morgan fingerprint density at radius 3 is 2.56 bits per heavy atom. The molecule has 1 saturated heterocycles. The Morgan fingerprint density at radius 1 is 1.11 bits per heavy atom. The number of benzene rings is 1. The van der Waals surface area contributed by atoms with Crippen LogP contribution in [-0.2, 0) is 11.2 Å². The highest BCUT2D eigenvalue weighted by molar-refractivity contribution is 7.99. The summed E-state index contributed by atoms with van der Waals surface area (Å²) in [6.07, 6.45) is 4.70. The molecule has 0 radical (unpaired) electrons. The first kappa shape index (κ1) is 13.5. The van der Waals surface area contributed by atoms with E-state index in [0.29, 0.717) is 11.7 Å². The lowest BCUT2D eigenvalue weighted by molar-refractivity contribution is -0.129. The predicted molar refractivity (Wildman–Crippen MR) is 77.9 cm³/mol. The molecule has 3 heteroatoms. The number of carbonyl (C=O) groups excluding carboxylic acids is 1. The van der Waals surface area contributed by atoms with Crippen LogP contribution in [-0.4, -0.2) is 35.4 Å². The molecule has 0 aliphatic carbocycles. The summed E-state index contributed by atoms with van der Waals surface area (Å²) in [7, 11) is 0. The summed E-state index contributed by atoms with van der Waals surface area (Å²) < 4.78 is 0. The topological polar surface area (TPSA) is 20.3 Å². The Hall–Kier alpha value is -0.960. The van der Waals surface area contributed by atoms with Crippen molar-refractivity contribution in [3.63, 3.8) is 0 Å². The van der Waals surface area contributed by atoms with Gasteiger partial charge in [0.15, 0.2) is 0 Å². The van der Waals surface area contributed by atoms with Gasteiger partial charge in [0, 0.05) is 13.1 Å². The van der Waals surface area contributed by atoms with Gasteiger partial charge in [0.25, 0.3) is 0 Å². The van der Waals surface area contributed by atoms with Crippen molar-refractivity contribution in [2.75, 3.05) is 24.6 Å². The van der Waals surface area contributed by atoms with E-state index < -0.39 is 0 Å². The first-order valence-electron chi connectivity index (χ1n) is 6.76. The smallest absolute Gasteiger partial charge is 0.232 e. The molecule has 0 atom stereocenters. The number of piperidine rings is 1. The van der Waals surface area contributed by atoms with Gasteiger partial charge in [-0.25, -0.2) is 0 Å². The van der Waals surface area contributed by atoms with Crippen molar-refractivity contribution < 1.29 is 4.79 Å². The van der Waals surface area contributed by atoms with Crippen LogP contribution < -0.4 is 0 Å². The highest BCUT2D eigenvalue weighted by Gasteiger charge is 2.15. The number of thioether (sulfide) groups is 1. The molecule has 0 spiro atoms. The zero-order chi connectivity index (χ0) is 12.6. The molecule has 1 heterocycles. The third-order valence-corrected chi connectivity index (χ3v) is 4.26. The number of likely N-dealkylation sites (tertiary alicyclic amines) is 1. The molecule has 0 aromatic heterocycles. The van der Waals surface area contributed by atoms with Gasteiger partial charge in [0.05, 0.1) is 5.75 Å². The number of nitrogens with zero attached hydrogens (tertiary/aromatic N) is 1. The van der Waals surface area contributed by atoms with Crippen LogP contribution in [0.15, 0.2) is 30.3 Å². The van der Waals surface area contributed by atoms with Crippen molar-refractivity contribution in [1.29, 1.82) is 0 Å². The first-order chi connectivity index (χ1) is 8.86. The summed E-state index contributed by atoms with van der Waals surface area (Å²) in [4.78, 5) is 13.9. The van der Waals surface area contributed by atoms with Gasteiger partial charge >= 0.3 is 0 Å². The molecule has 1 amide bonds. The molecule has 18 heavy (non-hydrogen) atoms. The minimum Gasteiger partial charge on any atom is -0.342 e. The van der Waals surface area contributed by atoms with Crippen LogP contribution in [0.4, 0.5) is 0 Å². The van der Waals surface area contributed by atoms with E-state index in [9.17, 15) is 4.79 Å². The van der Waals surface area contributed by atoms with Gasteiger partial charge in [-0.3, -0.25) is 4.79 Å². The van der Waals surface area contributed by atoms with E-state index in [1.54, 1.807) is 11.8 Å². The molecule has 1 aliphatic rings. The molecule has 2 nitrogen and oxygen atoms in total.